The molecular formula is C12H18N2S. The molecular weight excluding hydrogens is 204 g/mol. The summed E-state index contributed by atoms with van der Waals surface area (Å²) < 4.78 is 0. The second kappa shape index (κ2) is 3.89. The highest BCUT2D eigenvalue weighted by Gasteiger charge is 2.35. The van der Waals surface area contributed by atoms with E-state index in [1.54, 1.807) is 0 Å². The monoisotopic (exact) mass is 222 g/mol. The van der Waals surface area contributed by atoms with Gasteiger partial charge in [-0.25, -0.2) is 0 Å². The molecule has 0 amide bonds. The van der Waals surface area contributed by atoms with Crippen LogP contribution in [0.25, 0.3) is 0 Å². The summed E-state index contributed by atoms with van der Waals surface area (Å²) in [6, 6.07) is 4.52. The minimum absolute atomic E-state index is 0.922. The van der Waals surface area contributed by atoms with E-state index in [0.29, 0.717) is 0 Å². The molecule has 82 valence electrons. The van der Waals surface area contributed by atoms with Crippen LogP contribution >= 0.6 is 11.3 Å². The van der Waals surface area contributed by atoms with Crippen molar-refractivity contribution in [1.82, 2.24) is 10.2 Å². The molecule has 15 heavy (non-hydrogen) atoms. The zero-order chi connectivity index (χ0) is 10.3. The van der Waals surface area contributed by atoms with Crippen LogP contribution in [-0.2, 0) is 6.54 Å². The van der Waals surface area contributed by atoms with E-state index in [0.717, 1.165) is 11.8 Å². The zero-order valence-electron chi connectivity index (χ0n) is 9.20. The van der Waals surface area contributed by atoms with Crippen molar-refractivity contribution in [3.63, 3.8) is 0 Å². The fourth-order valence-corrected chi connectivity index (χ4v) is 3.80. The largest absolute Gasteiger partial charge is 0.316 e. The molecule has 1 aromatic rings. The molecule has 3 rings (SSSR count). The molecule has 0 bridgehead atoms. The Balaban J connectivity index is 1.61. The second-order valence-electron chi connectivity index (χ2n) is 4.88. The van der Waals surface area contributed by atoms with Gasteiger partial charge < -0.3 is 5.32 Å². The van der Waals surface area contributed by atoms with Crippen molar-refractivity contribution >= 4 is 11.3 Å². The predicted octanol–water partition coefficient (Wildman–Crippen LogP) is 1.71. The Morgan fingerprint density at radius 2 is 2.07 bits per heavy atom. The third kappa shape index (κ3) is 1.96. The number of nitrogens with zero attached hydrogens (tertiary/aromatic N) is 1. The van der Waals surface area contributed by atoms with Crippen molar-refractivity contribution in [2.24, 2.45) is 11.8 Å². The van der Waals surface area contributed by atoms with Gasteiger partial charge in [-0.1, -0.05) is 0 Å². The number of nitrogens with one attached hydrogen (secondary N) is 1. The van der Waals surface area contributed by atoms with Crippen LogP contribution in [0.1, 0.15) is 9.75 Å². The van der Waals surface area contributed by atoms with Crippen LogP contribution in [0.2, 0.25) is 0 Å². The quantitative estimate of drug-likeness (QED) is 0.819. The Labute approximate surface area is 95.3 Å². The molecule has 2 aliphatic rings. The van der Waals surface area contributed by atoms with Crippen molar-refractivity contribution in [1.29, 1.82) is 0 Å². The summed E-state index contributed by atoms with van der Waals surface area (Å²) in [6.07, 6.45) is 0. The third-order valence-corrected chi connectivity index (χ3v) is 4.63. The van der Waals surface area contributed by atoms with Gasteiger partial charge in [0.25, 0.3) is 0 Å². The lowest BCUT2D eigenvalue weighted by molar-refractivity contribution is 0.308. The fraction of sp³-hybridized carbons (Fsp3) is 0.667. The smallest absolute Gasteiger partial charge is 0.0328 e. The Hall–Kier alpha value is -0.380. The first kappa shape index (κ1) is 9.82. The van der Waals surface area contributed by atoms with E-state index in [9.17, 15) is 0 Å². The van der Waals surface area contributed by atoms with Crippen molar-refractivity contribution in [2.75, 3.05) is 26.2 Å². The van der Waals surface area contributed by atoms with E-state index < -0.39 is 0 Å². The predicted molar refractivity (Wildman–Crippen MR) is 64.2 cm³/mol. The van der Waals surface area contributed by atoms with E-state index in [1.165, 1.54) is 42.5 Å². The highest BCUT2D eigenvalue weighted by atomic mass is 32.1. The number of fused-ring (bicyclic) bond motifs is 1. The number of thiophene rings is 1. The zero-order valence-corrected chi connectivity index (χ0v) is 10.0. The van der Waals surface area contributed by atoms with Crippen LogP contribution in [0.3, 0.4) is 0 Å². The van der Waals surface area contributed by atoms with Gasteiger partial charge in [-0.2, -0.15) is 0 Å². The maximum atomic E-state index is 3.49. The molecule has 0 spiro atoms. The molecule has 2 fully saturated rings. The minimum Gasteiger partial charge on any atom is -0.316 e. The summed E-state index contributed by atoms with van der Waals surface area (Å²) in [5.41, 5.74) is 0. The topological polar surface area (TPSA) is 15.3 Å². The fourth-order valence-electron chi connectivity index (χ4n) is 2.87. The van der Waals surface area contributed by atoms with Gasteiger partial charge in [-0.3, -0.25) is 4.90 Å². The highest BCUT2D eigenvalue weighted by molar-refractivity contribution is 7.11. The Kier molecular flexibility index (Phi) is 2.54. The molecule has 1 aromatic heterocycles. The van der Waals surface area contributed by atoms with Crippen molar-refractivity contribution in [3.05, 3.63) is 21.9 Å². The van der Waals surface area contributed by atoms with Crippen molar-refractivity contribution < 1.29 is 0 Å². The van der Waals surface area contributed by atoms with Crippen LogP contribution in [-0.4, -0.2) is 31.1 Å². The van der Waals surface area contributed by atoms with E-state index in [2.05, 4.69) is 29.3 Å². The first-order valence-electron chi connectivity index (χ1n) is 5.79. The summed E-state index contributed by atoms with van der Waals surface area (Å²) in [4.78, 5) is 5.59. The lowest BCUT2D eigenvalue weighted by Gasteiger charge is -2.15. The summed E-state index contributed by atoms with van der Waals surface area (Å²) in [5.74, 6) is 1.84. The number of rotatable bonds is 2. The summed E-state index contributed by atoms with van der Waals surface area (Å²) in [6.45, 7) is 8.45. The van der Waals surface area contributed by atoms with E-state index in [-0.39, 0.29) is 0 Å². The normalized spacial score (nSPS) is 31.0. The molecule has 0 aromatic carbocycles. The molecule has 0 radical (unpaired) electrons. The standard InChI is InChI=1S/C12H18N2S/c1-9-2-3-12(15-9)8-14-6-10-4-13-5-11(10)7-14/h2-3,10-11,13H,4-8H2,1H3/t10-,11+. The van der Waals surface area contributed by atoms with Crippen LogP contribution in [0.5, 0.6) is 0 Å². The van der Waals surface area contributed by atoms with Crippen molar-refractivity contribution in [2.45, 2.75) is 13.5 Å². The first-order chi connectivity index (χ1) is 7.31. The molecule has 1 N–H and O–H groups in total. The number of likely N-dealkylation sites (tertiary alicyclic amines) is 1. The summed E-state index contributed by atoms with van der Waals surface area (Å²) in [5, 5.41) is 3.49. The molecule has 0 saturated carbocycles. The van der Waals surface area contributed by atoms with Crippen LogP contribution < -0.4 is 5.32 Å². The highest BCUT2D eigenvalue weighted by Crippen LogP contribution is 2.28. The molecule has 2 nitrogen and oxygen atoms in total. The van der Waals surface area contributed by atoms with Gasteiger partial charge in [0.05, 0.1) is 0 Å². The molecule has 0 unspecified atom stereocenters. The maximum absolute atomic E-state index is 3.49. The Morgan fingerprint density at radius 1 is 1.33 bits per heavy atom. The first-order valence-corrected chi connectivity index (χ1v) is 6.61. The Morgan fingerprint density at radius 3 is 2.67 bits per heavy atom. The summed E-state index contributed by atoms with van der Waals surface area (Å²) >= 11 is 1.95. The average molecular weight is 222 g/mol. The molecule has 3 heterocycles. The van der Waals surface area contributed by atoms with Gasteiger partial charge in [-0.05, 0) is 44.0 Å². The molecule has 2 atom stereocenters. The summed E-state index contributed by atoms with van der Waals surface area (Å²) in [7, 11) is 0. The van der Waals surface area contributed by atoms with Crippen LogP contribution in [0.4, 0.5) is 0 Å². The molecule has 2 aliphatic heterocycles. The van der Waals surface area contributed by atoms with Gasteiger partial charge in [0, 0.05) is 29.4 Å². The van der Waals surface area contributed by atoms with Gasteiger partial charge in [0.1, 0.15) is 0 Å². The molecule has 2 saturated heterocycles. The van der Waals surface area contributed by atoms with Gasteiger partial charge in [-0.15, -0.1) is 11.3 Å². The number of aryl methyl sites for hydroxylation is 1. The van der Waals surface area contributed by atoms with Gasteiger partial charge in [0.15, 0.2) is 0 Å². The van der Waals surface area contributed by atoms with Gasteiger partial charge in [0.2, 0.25) is 0 Å². The van der Waals surface area contributed by atoms with Gasteiger partial charge >= 0.3 is 0 Å². The SMILES string of the molecule is Cc1ccc(CN2C[C@H]3CNC[C@H]3C2)s1. The van der Waals surface area contributed by atoms with E-state index >= 15 is 0 Å². The number of hydrogen-bond donors (Lipinski definition) is 1. The third-order valence-electron chi connectivity index (χ3n) is 3.64. The molecule has 0 aliphatic carbocycles. The minimum atomic E-state index is 0.922. The lowest BCUT2D eigenvalue weighted by atomic mass is 10.0. The second-order valence-corrected chi connectivity index (χ2v) is 6.26. The maximum Gasteiger partial charge on any atom is 0.0328 e. The van der Waals surface area contributed by atoms with Crippen molar-refractivity contribution in [3.8, 4) is 0 Å². The van der Waals surface area contributed by atoms with E-state index in [4.69, 9.17) is 0 Å². The van der Waals surface area contributed by atoms with E-state index in [1.807, 2.05) is 11.3 Å². The van der Waals surface area contributed by atoms with Crippen LogP contribution in [0, 0.1) is 18.8 Å². The molecule has 3 heteroatoms. The average Bonchev–Trinajstić information content (AvgIpc) is 2.81. The number of hydrogen-bond acceptors (Lipinski definition) is 3. The van der Waals surface area contributed by atoms with Crippen LogP contribution in [0.15, 0.2) is 12.1 Å². The Bertz CT molecular complexity index is 335. The lowest BCUT2D eigenvalue weighted by Crippen LogP contribution is -2.24.